The molecule has 0 saturated carbocycles. The molecule has 2 N–H and O–H groups in total. The second kappa shape index (κ2) is 6.09. The van der Waals surface area contributed by atoms with Gasteiger partial charge in [-0.05, 0) is 13.0 Å². The van der Waals surface area contributed by atoms with E-state index in [2.05, 4.69) is 25.3 Å². The molecule has 0 fully saturated rings. The summed E-state index contributed by atoms with van der Waals surface area (Å²) in [5.41, 5.74) is 0. The van der Waals surface area contributed by atoms with Gasteiger partial charge in [0, 0.05) is 13.5 Å². The normalized spacial score (nSPS) is 10.1. The monoisotopic (exact) mass is 198 g/mol. The second-order valence-electron chi connectivity index (χ2n) is 2.80. The molecule has 0 aliphatic heterocycles. The molecule has 0 spiro atoms. The van der Waals surface area contributed by atoms with Crippen LogP contribution in [-0.4, -0.2) is 29.6 Å². The lowest BCUT2D eigenvalue weighted by molar-refractivity contribution is -0.120. The fourth-order valence-corrected chi connectivity index (χ4v) is 0.969. The molecule has 0 saturated heterocycles. The molecule has 1 aromatic rings. The Hall–Kier alpha value is -1.43. The van der Waals surface area contributed by atoms with E-state index in [1.54, 1.807) is 7.05 Å². The summed E-state index contributed by atoms with van der Waals surface area (Å²) in [6.45, 7) is 1.34. The molecule has 1 heterocycles. The third-order valence-electron chi connectivity index (χ3n) is 1.73. The molecule has 14 heavy (non-hydrogen) atoms. The summed E-state index contributed by atoms with van der Waals surface area (Å²) in [5, 5.41) is 9.30. The van der Waals surface area contributed by atoms with Crippen LogP contribution in [-0.2, 0) is 11.3 Å². The number of carbonyl (C=O) groups is 1. The van der Waals surface area contributed by atoms with E-state index in [4.69, 9.17) is 0 Å². The maximum Gasteiger partial charge on any atom is 0.219 e. The van der Waals surface area contributed by atoms with Gasteiger partial charge in [0.25, 0.3) is 0 Å². The fraction of sp³-hybridized carbons (Fsp3) is 0.625. The largest absolute Gasteiger partial charge is 0.359 e. The summed E-state index contributed by atoms with van der Waals surface area (Å²) in [6, 6.07) is 0. The minimum absolute atomic E-state index is 0.0614. The highest BCUT2D eigenvalue weighted by molar-refractivity contribution is 5.75. The molecule has 1 aromatic heterocycles. The van der Waals surface area contributed by atoms with Crippen LogP contribution >= 0.6 is 0 Å². The van der Waals surface area contributed by atoms with Gasteiger partial charge in [-0.3, -0.25) is 4.79 Å². The zero-order valence-electron chi connectivity index (χ0n) is 8.12. The van der Waals surface area contributed by atoms with Crippen LogP contribution in [0, 0.1) is 0 Å². The maximum absolute atomic E-state index is 10.8. The number of nitrogens with one attached hydrogen (secondary N) is 2. The standard InChI is InChI=1S/C8H14N4O2/c1-9-8(13)3-2-4-10-5-7-11-6-14-12-7/h6,10H,2-5H2,1H3,(H,9,13). The maximum atomic E-state index is 10.8. The number of carbonyl (C=O) groups excluding carboxylic acids is 1. The summed E-state index contributed by atoms with van der Waals surface area (Å²) in [5.74, 6) is 0.691. The van der Waals surface area contributed by atoms with Crippen LogP contribution in [0.3, 0.4) is 0 Å². The first-order chi connectivity index (χ1) is 6.83. The average molecular weight is 198 g/mol. The Kier molecular flexibility index (Phi) is 4.63. The molecule has 78 valence electrons. The lowest BCUT2D eigenvalue weighted by Gasteiger charge is -2.00. The van der Waals surface area contributed by atoms with E-state index in [0.717, 1.165) is 13.0 Å². The minimum atomic E-state index is 0.0614. The molecule has 6 nitrogen and oxygen atoms in total. The van der Waals surface area contributed by atoms with E-state index >= 15 is 0 Å². The van der Waals surface area contributed by atoms with Gasteiger partial charge in [0.05, 0.1) is 6.54 Å². The molecule has 1 amide bonds. The quantitative estimate of drug-likeness (QED) is 0.613. The summed E-state index contributed by atoms with van der Waals surface area (Å²) in [4.78, 5) is 14.7. The second-order valence-corrected chi connectivity index (χ2v) is 2.80. The van der Waals surface area contributed by atoms with Crippen LogP contribution in [0.25, 0.3) is 0 Å². The molecule has 0 aromatic carbocycles. The number of hydrogen-bond acceptors (Lipinski definition) is 5. The van der Waals surface area contributed by atoms with Crippen molar-refractivity contribution in [3.05, 3.63) is 12.2 Å². The van der Waals surface area contributed by atoms with E-state index in [0.29, 0.717) is 18.8 Å². The first-order valence-electron chi connectivity index (χ1n) is 4.49. The van der Waals surface area contributed by atoms with Crippen LogP contribution in [0.4, 0.5) is 0 Å². The molecule has 6 heteroatoms. The van der Waals surface area contributed by atoms with Crippen molar-refractivity contribution in [1.82, 2.24) is 20.8 Å². The highest BCUT2D eigenvalue weighted by atomic mass is 16.5. The summed E-state index contributed by atoms with van der Waals surface area (Å²) in [6.07, 6.45) is 2.63. The highest BCUT2D eigenvalue weighted by Gasteiger charge is 1.98. The molecule has 1 rings (SSSR count). The van der Waals surface area contributed by atoms with E-state index in [9.17, 15) is 4.79 Å². The summed E-state index contributed by atoms with van der Waals surface area (Å²) < 4.78 is 4.56. The predicted molar refractivity (Wildman–Crippen MR) is 49.3 cm³/mol. The van der Waals surface area contributed by atoms with Gasteiger partial charge in [0.2, 0.25) is 12.3 Å². The molecule has 0 aliphatic carbocycles. The molecule has 0 unspecified atom stereocenters. The Balaban J connectivity index is 1.97. The van der Waals surface area contributed by atoms with Crippen LogP contribution in [0.1, 0.15) is 18.7 Å². The zero-order valence-corrected chi connectivity index (χ0v) is 8.12. The van der Waals surface area contributed by atoms with Gasteiger partial charge in [-0.2, -0.15) is 4.98 Å². The van der Waals surface area contributed by atoms with Crippen molar-refractivity contribution in [1.29, 1.82) is 0 Å². The van der Waals surface area contributed by atoms with Crippen molar-refractivity contribution in [2.24, 2.45) is 0 Å². The van der Waals surface area contributed by atoms with Gasteiger partial charge in [-0.15, -0.1) is 0 Å². The zero-order chi connectivity index (χ0) is 10.2. The average Bonchev–Trinajstić information content (AvgIpc) is 2.69. The first-order valence-corrected chi connectivity index (χ1v) is 4.49. The predicted octanol–water partition coefficient (Wildman–Crippen LogP) is -0.315. The van der Waals surface area contributed by atoms with Crippen molar-refractivity contribution in [2.75, 3.05) is 13.6 Å². The number of rotatable bonds is 6. The van der Waals surface area contributed by atoms with Crippen LogP contribution in [0.5, 0.6) is 0 Å². The van der Waals surface area contributed by atoms with E-state index < -0.39 is 0 Å². The van der Waals surface area contributed by atoms with Gasteiger partial charge in [0.1, 0.15) is 0 Å². The van der Waals surface area contributed by atoms with Crippen LogP contribution < -0.4 is 10.6 Å². The molecular weight excluding hydrogens is 184 g/mol. The minimum Gasteiger partial charge on any atom is -0.359 e. The fourth-order valence-electron chi connectivity index (χ4n) is 0.969. The van der Waals surface area contributed by atoms with Crippen molar-refractivity contribution in [3.63, 3.8) is 0 Å². The summed E-state index contributed by atoms with van der Waals surface area (Å²) in [7, 11) is 1.63. The van der Waals surface area contributed by atoms with Crippen molar-refractivity contribution in [2.45, 2.75) is 19.4 Å². The Morgan fingerprint density at radius 3 is 3.14 bits per heavy atom. The van der Waals surface area contributed by atoms with Crippen molar-refractivity contribution in [3.8, 4) is 0 Å². The SMILES string of the molecule is CNC(=O)CCCNCc1ncon1. The number of hydrogen-bond donors (Lipinski definition) is 2. The molecular formula is C8H14N4O2. The Morgan fingerprint density at radius 1 is 1.64 bits per heavy atom. The molecule has 0 radical (unpaired) electrons. The Morgan fingerprint density at radius 2 is 2.50 bits per heavy atom. The van der Waals surface area contributed by atoms with E-state index in [1.807, 2.05) is 0 Å². The topological polar surface area (TPSA) is 80.0 Å². The third-order valence-corrected chi connectivity index (χ3v) is 1.73. The molecule has 0 aliphatic rings. The van der Waals surface area contributed by atoms with Crippen molar-refractivity contribution < 1.29 is 9.32 Å². The van der Waals surface area contributed by atoms with Crippen LogP contribution in [0.2, 0.25) is 0 Å². The van der Waals surface area contributed by atoms with E-state index in [1.165, 1.54) is 6.39 Å². The number of aromatic nitrogens is 2. The van der Waals surface area contributed by atoms with Gasteiger partial charge < -0.3 is 15.2 Å². The highest BCUT2D eigenvalue weighted by Crippen LogP contribution is 1.89. The lowest BCUT2D eigenvalue weighted by Crippen LogP contribution is -2.21. The first kappa shape index (κ1) is 10.6. The summed E-state index contributed by atoms with van der Waals surface area (Å²) >= 11 is 0. The lowest BCUT2D eigenvalue weighted by atomic mass is 10.3. The Bertz CT molecular complexity index is 260. The van der Waals surface area contributed by atoms with Gasteiger partial charge in [-0.1, -0.05) is 5.16 Å². The van der Waals surface area contributed by atoms with Gasteiger partial charge >= 0.3 is 0 Å². The smallest absolute Gasteiger partial charge is 0.219 e. The van der Waals surface area contributed by atoms with Crippen LogP contribution in [0.15, 0.2) is 10.9 Å². The van der Waals surface area contributed by atoms with Crippen molar-refractivity contribution >= 4 is 5.91 Å². The number of nitrogens with zero attached hydrogens (tertiary/aromatic N) is 2. The van der Waals surface area contributed by atoms with Gasteiger partial charge in [0.15, 0.2) is 5.82 Å². The molecule has 0 bridgehead atoms. The number of amides is 1. The third kappa shape index (κ3) is 3.99. The van der Waals surface area contributed by atoms with E-state index in [-0.39, 0.29) is 5.91 Å². The molecule has 0 atom stereocenters. The Labute approximate surface area is 82.1 Å². The van der Waals surface area contributed by atoms with Gasteiger partial charge in [-0.25, -0.2) is 0 Å².